The van der Waals surface area contributed by atoms with Crippen molar-refractivity contribution in [3.63, 3.8) is 0 Å². The van der Waals surface area contributed by atoms with E-state index in [1.165, 1.54) is 44.5 Å². The summed E-state index contributed by atoms with van der Waals surface area (Å²) < 4.78 is 37.8. The van der Waals surface area contributed by atoms with Crippen LogP contribution in [-0.2, 0) is 15.3 Å². The molecule has 1 spiro atoms. The van der Waals surface area contributed by atoms with Gasteiger partial charge in [0.05, 0.1) is 31.9 Å². The lowest BCUT2D eigenvalue weighted by atomic mass is 9.70. The van der Waals surface area contributed by atoms with Crippen molar-refractivity contribution in [2.45, 2.75) is 15.2 Å². The maximum absolute atomic E-state index is 14.4. The molecule has 0 saturated carbocycles. The highest BCUT2D eigenvalue weighted by molar-refractivity contribution is 7.91. The van der Waals surface area contributed by atoms with Crippen molar-refractivity contribution < 1.29 is 13.2 Å². The van der Waals surface area contributed by atoms with Gasteiger partial charge in [-0.05, 0) is 141 Å². The lowest BCUT2D eigenvalue weighted by Gasteiger charge is -2.34. The summed E-state index contributed by atoms with van der Waals surface area (Å²) in [6, 6.07) is 78.7. The normalized spacial score (nSPS) is 13.7. The van der Waals surface area contributed by atoms with Gasteiger partial charge in [-0.2, -0.15) is 0 Å². The molecule has 0 N–H and O–H groups in total. The summed E-state index contributed by atoms with van der Waals surface area (Å²) >= 11 is 0. The number of hydrogen-bond acceptors (Lipinski definition) is 4. The summed E-state index contributed by atoms with van der Waals surface area (Å²) in [5.41, 5.74) is 17.4. The molecule has 3 aliphatic rings. The number of aromatic nitrogens is 1. The fraction of sp³-hybridized carbons (Fsp3) is 0.0164. The van der Waals surface area contributed by atoms with Crippen molar-refractivity contribution >= 4 is 48.7 Å². The first-order chi connectivity index (χ1) is 33.0. The molecule has 0 fully saturated rings. The Labute approximate surface area is 388 Å². The average molecular weight is 879 g/mol. The average Bonchev–Trinajstić information content (AvgIpc) is 4.00. The highest BCUT2D eigenvalue weighted by Gasteiger charge is 2.51. The van der Waals surface area contributed by atoms with Gasteiger partial charge in [0.15, 0.2) is 11.5 Å². The van der Waals surface area contributed by atoms with Crippen LogP contribution in [0, 0.1) is 0 Å². The monoisotopic (exact) mass is 878 g/mol. The van der Waals surface area contributed by atoms with Gasteiger partial charge in [0, 0.05) is 22.1 Å². The van der Waals surface area contributed by atoms with Gasteiger partial charge in [-0.25, -0.2) is 8.42 Å². The van der Waals surface area contributed by atoms with Gasteiger partial charge >= 0.3 is 0 Å². The predicted molar refractivity (Wildman–Crippen MR) is 269 cm³/mol. The van der Waals surface area contributed by atoms with E-state index in [1.807, 2.05) is 60.7 Å². The Kier molecular flexibility index (Phi) is 7.93. The molecule has 0 radical (unpaired) electrons. The maximum atomic E-state index is 14.4. The minimum absolute atomic E-state index is 0.221. The number of nitrogens with zero attached hydrogens (tertiary/aromatic N) is 2. The molecular formula is C61H38N2O3S. The first-order valence-electron chi connectivity index (χ1n) is 22.6. The number of sulfone groups is 1. The molecule has 11 aromatic rings. The van der Waals surface area contributed by atoms with Crippen LogP contribution in [-0.4, -0.2) is 13.0 Å². The van der Waals surface area contributed by atoms with E-state index in [9.17, 15) is 8.42 Å². The summed E-state index contributed by atoms with van der Waals surface area (Å²) in [4.78, 5) is 2.66. The van der Waals surface area contributed by atoms with Crippen LogP contribution in [0.15, 0.2) is 240 Å². The number of hydrogen-bond donors (Lipinski definition) is 0. The van der Waals surface area contributed by atoms with E-state index >= 15 is 0 Å². The molecule has 1 aromatic heterocycles. The second kappa shape index (κ2) is 14.0. The highest BCUT2D eigenvalue weighted by atomic mass is 32.2. The van der Waals surface area contributed by atoms with Gasteiger partial charge in [0.25, 0.3) is 0 Å². The van der Waals surface area contributed by atoms with Crippen LogP contribution in [0.1, 0.15) is 22.3 Å². The molecule has 6 heteroatoms. The molecular weight excluding hydrogens is 841 g/mol. The van der Waals surface area contributed by atoms with Crippen LogP contribution in [0.3, 0.4) is 0 Å². The van der Waals surface area contributed by atoms with E-state index in [4.69, 9.17) is 4.74 Å². The molecule has 2 heterocycles. The Balaban J connectivity index is 0.834. The van der Waals surface area contributed by atoms with E-state index in [2.05, 4.69) is 155 Å². The van der Waals surface area contributed by atoms with Crippen LogP contribution in [0.4, 0.5) is 17.1 Å². The zero-order valence-electron chi connectivity index (χ0n) is 36.0. The number of benzene rings is 10. The van der Waals surface area contributed by atoms with Gasteiger partial charge < -0.3 is 14.2 Å². The molecule has 10 aromatic carbocycles. The van der Waals surface area contributed by atoms with Crippen molar-refractivity contribution in [1.82, 2.24) is 4.57 Å². The number of rotatable bonds is 5. The lowest BCUT2D eigenvalue weighted by Crippen LogP contribution is -2.25. The van der Waals surface area contributed by atoms with Gasteiger partial charge in [-0.15, -0.1) is 0 Å². The van der Waals surface area contributed by atoms with Gasteiger partial charge in [0.2, 0.25) is 9.84 Å². The van der Waals surface area contributed by atoms with Crippen LogP contribution >= 0.6 is 0 Å². The topological polar surface area (TPSA) is 51.5 Å². The zero-order valence-corrected chi connectivity index (χ0v) is 36.8. The molecule has 5 nitrogen and oxygen atoms in total. The minimum Gasteiger partial charge on any atom is -0.453 e. The lowest BCUT2D eigenvalue weighted by molar-refractivity contribution is 0.477. The van der Waals surface area contributed by atoms with Crippen molar-refractivity contribution in [2.75, 3.05) is 4.90 Å². The van der Waals surface area contributed by atoms with Crippen LogP contribution in [0.25, 0.3) is 60.9 Å². The van der Waals surface area contributed by atoms with Crippen molar-refractivity contribution in [3.05, 3.63) is 253 Å². The second-order valence-corrected chi connectivity index (χ2v) is 19.5. The number of anilines is 3. The number of fused-ring (bicyclic) bond motifs is 16. The smallest absolute Gasteiger partial charge is 0.206 e. The molecule has 1 aliphatic heterocycles. The zero-order chi connectivity index (χ0) is 44.4. The van der Waals surface area contributed by atoms with E-state index < -0.39 is 15.3 Å². The van der Waals surface area contributed by atoms with E-state index in [1.54, 1.807) is 24.3 Å². The van der Waals surface area contributed by atoms with E-state index in [0.717, 1.165) is 61.4 Å². The Morgan fingerprint density at radius 1 is 0.403 bits per heavy atom. The Hall–Kier alpha value is -8.45. The predicted octanol–water partition coefficient (Wildman–Crippen LogP) is 15.2. The van der Waals surface area contributed by atoms with Gasteiger partial charge in [-0.1, -0.05) is 146 Å². The van der Waals surface area contributed by atoms with Crippen molar-refractivity contribution in [3.8, 4) is 50.6 Å². The first kappa shape index (κ1) is 37.9. The fourth-order valence-electron chi connectivity index (χ4n) is 11.4. The summed E-state index contributed by atoms with van der Waals surface area (Å²) in [5.74, 6) is 1.43. The number of para-hydroxylation sites is 4. The molecule has 0 saturated heterocycles. The SMILES string of the molecule is O=S(=O)(c1ccc(-c2ccc3c(c2)-c2ccccc2C32c3ccccc3-c3ccccc32)cc1)c1ccc(N2c3ccccc3Oc3ccc4c5ccccc5n(-c5ccccc5)c4c32)cc1. The molecule has 2 aliphatic carbocycles. The minimum atomic E-state index is -3.87. The molecule has 67 heavy (non-hydrogen) atoms. The quantitative estimate of drug-likeness (QED) is 0.173. The Morgan fingerprint density at radius 3 is 1.66 bits per heavy atom. The van der Waals surface area contributed by atoms with Gasteiger partial charge in [-0.3, -0.25) is 0 Å². The Bertz CT molecular complexity index is 3920. The fourth-order valence-corrected chi connectivity index (χ4v) is 12.7. The Morgan fingerprint density at radius 2 is 0.955 bits per heavy atom. The molecule has 316 valence electrons. The third kappa shape index (κ3) is 5.21. The number of ether oxygens (including phenoxy) is 1. The van der Waals surface area contributed by atoms with Crippen LogP contribution in [0.2, 0.25) is 0 Å². The molecule has 0 atom stereocenters. The first-order valence-corrected chi connectivity index (χ1v) is 24.1. The third-order valence-electron chi connectivity index (χ3n) is 14.2. The van der Waals surface area contributed by atoms with E-state index in [-0.39, 0.29) is 9.79 Å². The largest absolute Gasteiger partial charge is 0.453 e. The molecule has 14 rings (SSSR count). The summed E-state index contributed by atoms with van der Waals surface area (Å²) in [7, 11) is -3.87. The van der Waals surface area contributed by atoms with Crippen molar-refractivity contribution in [1.29, 1.82) is 0 Å². The van der Waals surface area contributed by atoms with Crippen LogP contribution in [0.5, 0.6) is 11.5 Å². The molecule has 0 amide bonds. The van der Waals surface area contributed by atoms with Gasteiger partial charge in [0.1, 0.15) is 5.69 Å². The highest BCUT2D eigenvalue weighted by Crippen LogP contribution is 2.63. The summed E-state index contributed by atoms with van der Waals surface area (Å²) in [5, 5.41) is 2.22. The second-order valence-electron chi connectivity index (χ2n) is 17.6. The standard InChI is InChI=1S/C61H38N2O3S/c64-67(65,43-31-26-39(27-32-43)40-28-36-54-50(38-40)47-18-6-10-22-53(47)61(54)51-20-8-4-16-45(51)46-17-5-9-21-52(46)61)44-33-29-42(30-34-44)63-56-24-12-13-25-57(56)66-58-37-35-49-48-19-7-11-23-55(48)62(59(49)60(58)63)41-14-2-1-3-15-41/h1-38H. The van der Waals surface area contributed by atoms with E-state index in [0.29, 0.717) is 5.75 Å². The third-order valence-corrected chi connectivity index (χ3v) is 16.0. The van der Waals surface area contributed by atoms with Crippen LogP contribution < -0.4 is 9.64 Å². The maximum Gasteiger partial charge on any atom is 0.206 e. The summed E-state index contributed by atoms with van der Waals surface area (Å²) in [6.45, 7) is 0. The molecule has 0 bridgehead atoms. The summed E-state index contributed by atoms with van der Waals surface area (Å²) in [6.07, 6.45) is 0. The molecule has 0 unspecified atom stereocenters. The van der Waals surface area contributed by atoms with Crippen molar-refractivity contribution in [2.24, 2.45) is 0 Å².